The Morgan fingerprint density at radius 1 is 1.20 bits per heavy atom. The number of nitrogens with two attached hydrogens (primary N) is 1. The lowest BCUT2D eigenvalue weighted by Crippen LogP contribution is -2.33. The van der Waals surface area contributed by atoms with Crippen molar-refractivity contribution in [1.82, 2.24) is 0 Å². The van der Waals surface area contributed by atoms with Crippen molar-refractivity contribution in [3.63, 3.8) is 0 Å². The highest BCUT2D eigenvalue weighted by Crippen LogP contribution is 2.29. The van der Waals surface area contributed by atoms with Crippen molar-refractivity contribution in [1.29, 1.82) is 0 Å². The van der Waals surface area contributed by atoms with Crippen molar-refractivity contribution in [3.05, 3.63) is 42.0 Å². The fourth-order valence-corrected chi connectivity index (χ4v) is 2.39. The molecular formula is C16H20N2O2. The molecule has 0 spiro atoms. The standard InChI is InChI=1S/C16H20N2O2/c1-18(2)15-9-8-11(10-14(17)16(19)20-3)12-6-4-5-7-13(12)15/h4-9,14H,10,17H2,1-3H3. The Bertz CT molecular complexity index is 623. The zero-order valence-electron chi connectivity index (χ0n) is 12.1. The minimum absolute atomic E-state index is 0.384. The zero-order chi connectivity index (χ0) is 14.7. The number of fused-ring (bicyclic) bond motifs is 1. The molecule has 0 heterocycles. The molecule has 0 amide bonds. The van der Waals surface area contributed by atoms with E-state index in [9.17, 15) is 4.79 Å². The fourth-order valence-electron chi connectivity index (χ4n) is 2.39. The molecule has 2 N–H and O–H groups in total. The molecule has 2 rings (SSSR count). The van der Waals surface area contributed by atoms with Crippen LogP contribution in [0.15, 0.2) is 36.4 Å². The molecule has 0 saturated heterocycles. The summed E-state index contributed by atoms with van der Waals surface area (Å²) < 4.78 is 4.69. The second-order valence-electron chi connectivity index (χ2n) is 5.02. The first-order chi connectivity index (χ1) is 9.54. The van der Waals surface area contributed by atoms with Crippen LogP contribution in [0.5, 0.6) is 0 Å². The number of hydrogen-bond donors (Lipinski definition) is 1. The van der Waals surface area contributed by atoms with Crippen LogP contribution in [-0.2, 0) is 16.0 Å². The van der Waals surface area contributed by atoms with Crippen molar-refractivity contribution in [2.75, 3.05) is 26.1 Å². The molecule has 0 aliphatic carbocycles. The normalized spacial score (nSPS) is 12.2. The Hall–Kier alpha value is -2.07. The number of esters is 1. The van der Waals surface area contributed by atoms with Crippen LogP contribution in [0.1, 0.15) is 5.56 Å². The average Bonchev–Trinajstić information content (AvgIpc) is 2.46. The average molecular weight is 272 g/mol. The van der Waals surface area contributed by atoms with Gasteiger partial charge in [-0.15, -0.1) is 0 Å². The summed E-state index contributed by atoms with van der Waals surface area (Å²) in [6, 6.07) is 11.6. The topological polar surface area (TPSA) is 55.6 Å². The Morgan fingerprint density at radius 2 is 1.85 bits per heavy atom. The predicted octanol–water partition coefficient (Wildman–Crippen LogP) is 1.95. The smallest absolute Gasteiger partial charge is 0.322 e. The monoisotopic (exact) mass is 272 g/mol. The molecule has 4 nitrogen and oxygen atoms in total. The number of carbonyl (C=O) groups is 1. The summed E-state index contributed by atoms with van der Waals surface area (Å²) in [6.07, 6.45) is 0.473. The first-order valence-electron chi connectivity index (χ1n) is 6.56. The largest absolute Gasteiger partial charge is 0.468 e. The van der Waals surface area contributed by atoms with Gasteiger partial charge in [-0.1, -0.05) is 30.3 Å². The molecule has 1 unspecified atom stereocenters. The van der Waals surface area contributed by atoms with Crippen molar-refractivity contribution in [3.8, 4) is 0 Å². The van der Waals surface area contributed by atoms with Crippen LogP contribution >= 0.6 is 0 Å². The molecule has 4 heteroatoms. The number of nitrogens with zero attached hydrogens (tertiary/aromatic N) is 1. The van der Waals surface area contributed by atoms with E-state index in [-0.39, 0.29) is 5.97 Å². The molecule has 2 aromatic carbocycles. The van der Waals surface area contributed by atoms with E-state index in [0.29, 0.717) is 6.42 Å². The molecule has 20 heavy (non-hydrogen) atoms. The number of rotatable bonds is 4. The molecule has 0 radical (unpaired) electrons. The Labute approximate surface area is 119 Å². The molecule has 0 aliphatic heterocycles. The van der Waals surface area contributed by atoms with E-state index in [0.717, 1.165) is 22.0 Å². The van der Waals surface area contributed by atoms with Gasteiger partial charge in [-0.3, -0.25) is 4.79 Å². The van der Waals surface area contributed by atoms with Gasteiger partial charge in [-0.05, 0) is 23.4 Å². The van der Waals surface area contributed by atoms with Gasteiger partial charge in [0.05, 0.1) is 7.11 Å². The quantitative estimate of drug-likeness (QED) is 0.864. The minimum atomic E-state index is -0.631. The van der Waals surface area contributed by atoms with Gasteiger partial charge in [0.2, 0.25) is 0 Å². The van der Waals surface area contributed by atoms with Gasteiger partial charge in [0.15, 0.2) is 0 Å². The second-order valence-corrected chi connectivity index (χ2v) is 5.02. The van der Waals surface area contributed by atoms with E-state index in [1.54, 1.807) is 0 Å². The van der Waals surface area contributed by atoms with E-state index in [2.05, 4.69) is 27.8 Å². The molecule has 2 aromatic rings. The number of ether oxygens (including phenoxy) is 1. The van der Waals surface area contributed by atoms with Gasteiger partial charge in [-0.2, -0.15) is 0 Å². The molecule has 0 aromatic heterocycles. The van der Waals surface area contributed by atoms with Crippen LogP contribution in [-0.4, -0.2) is 33.2 Å². The van der Waals surface area contributed by atoms with Gasteiger partial charge < -0.3 is 15.4 Å². The van der Waals surface area contributed by atoms with Crippen molar-refractivity contribution < 1.29 is 9.53 Å². The molecule has 0 fully saturated rings. The first-order valence-corrected chi connectivity index (χ1v) is 6.56. The lowest BCUT2D eigenvalue weighted by atomic mass is 9.97. The summed E-state index contributed by atoms with van der Waals surface area (Å²) in [7, 11) is 5.39. The summed E-state index contributed by atoms with van der Waals surface area (Å²) in [4.78, 5) is 13.5. The predicted molar refractivity (Wildman–Crippen MR) is 82.0 cm³/mol. The SMILES string of the molecule is COC(=O)C(N)Cc1ccc(N(C)C)c2ccccc12. The Morgan fingerprint density at radius 3 is 2.45 bits per heavy atom. The van der Waals surface area contributed by atoms with Crippen molar-refractivity contribution >= 4 is 22.4 Å². The van der Waals surface area contributed by atoms with Crippen molar-refractivity contribution in [2.45, 2.75) is 12.5 Å². The van der Waals surface area contributed by atoms with Crippen molar-refractivity contribution in [2.24, 2.45) is 5.73 Å². The highest BCUT2D eigenvalue weighted by atomic mass is 16.5. The van der Waals surface area contributed by atoms with Crippen LogP contribution in [0.3, 0.4) is 0 Å². The maximum atomic E-state index is 11.5. The lowest BCUT2D eigenvalue weighted by molar-refractivity contribution is -0.142. The van der Waals surface area contributed by atoms with Gasteiger partial charge in [0.1, 0.15) is 6.04 Å². The van der Waals surface area contributed by atoms with E-state index in [4.69, 9.17) is 5.73 Å². The maximum absolute atomic E-state index is 11.5. The van der Waals surface area contributed by atoms with Crippen LogP contribution in [0.2, 0.25) is 0 Å². The minimum Gasteiger partial charge on any atom is -0.468 e. The fraction of sp³-hybridized carbons (Fsp3) is 0.312. The summed E-state index contributed by atoms with van der Waals surface area (Å²) in [5, 5.41) is 2.28. The Balaban J connectivity index is 2.46. The number of hydrogen-bond acceptors (Lipinski definition) is 4. The van der Waals surface area contributed by atoms with E-state index in [1.165, 1.54) is 7.11 Å². The molecule has 1 atom stereocenters. The summed E-state index contributed by atoms with van der Waals surface area (Å²) in [6.45, 7) is 0. The van der Waals surface area contributed by atoms with E-state index < -0.39 is 6.04 Å². The van der Waals surface area contributed by atoms with E-state index in [1.807, 2.05) is 32.3 Å². The van der Waals surface area contributed by atoms with Crippen LogP contribution in [0.4, 0.5) is 5.69 Å². The van der Waals surface area contributed by atoms with Gasteiger partial charge >= 0.3 is 5.97 Å². The Kier molecular flexibility index (Phi) is 4.25. The molecular weight excluding hydrogens is 252 g/mol. The third-order valence-electron chi connectivity index (χ3n) is 3.42. The third kappa shape index (κ3) is 2.75. The van der Waals surface area contributed by atoms with Crippen LogP contribution in [0.25, 0.3) is 10.8 Å². The number of carbonyl (C=O) groups excluding carboxylic acids is 1. The highest BCUT2D eigenvalue weighted by Gasteiger charge is 2.16. The summed E-state index contributed by atoms with van der Waals surface area (Å²) in [5.74, 6) is -0.384. The van der Waals surface area contributed by atoms with Gasteiger partial charge in [-0.25, -0.2) is 0 Å². The van der Waals surface area contributed by atoms with E-state index >= 15 is 0 Å². The zero-order valence-corrected chi connectivity index (χ0v) is 12.1. The van der Waals surface area contributed by atoms with Crippen LogP contribution < -0.4 is 10.6 Å². The highest BCUT2D eigenvalue weighted by molar-refractivity contribution is 5.96. The summed E-state index contributed by atoms with van der Waals surface area (Å²) >= 11 is 0. The molecule has 0 aliphatic rings. The first kappa shape index (κ1) is 14.3. The third-order valence-corrected chi connectivity index (χ3v) is 3.42. The number of anilines is 1. The number of methoxy groups -OCH3 is 1. The van der Waals surface area contributed by atoms with Gasteiger partial charge in [0.25, 0.3) is 0 Å². The molecule has 106 valence electrons. The van der Waals surface area contributed by atoms with Crippen LogP contribution in [0, 0.1) is 0 Å². The van der Waals surface area contributed by atoms with Gasteiger partial charge in [0, 0.05) is 25.2 Å². The summed E-state index contributed by atoms with van der Waals surface area (Å²) in [5.41, 5.74) is 8.07. The maximum Gasteiger partial charge on any atom is 0.322 e. The lowest BCUT2D eigenvalue weighted by Gasteiger charge is -2.18. The molecule has 0 saturated carbocycles. The number of benzene rings is 2. The second kappa shape index (κ2) is 5.92. The molecule has 0 bridgehead atoms.